The fourth-order valence-corrected chi connectivity index (χ4v) is 1.66. The molecule has 2 aromatic rings. The number of benzene rings is 2. The Hall–Kier alpha value is -2.09. The summed E-state index contributed by atoms with van der Waals surface area (Å²) in [7, 11) is 0. The van der Waals surface area contributed by atoms with E-state index in [0.29, 0.717) is 6.47 Å². The molecule has 100 valence electrons. The van der Waals surface area contributed by atoms with E-state index >= 15 is 0 Å². The van der Waals surface area contributed by atoms with Gasteiger partial charge in [-0.25, -0.2) is 0 Å². The van der Waals surface area contributed by atoms with Gasteiger partial charge in [0.1, 0.15) is 0 Å². The molecule has 0 atom stereocenters. The third-order valence-electron chi connectivity index (χ3n) is 2.40. The lowest BCUT2D eigenvalue weighted by atomic mass is 10.0. The third kappa shape index (κ3) is 4.96. The summed E-state index contributed by atoms with van der Waals surface area (Å²) in [5, 5.41) is 0. The molecule has 0 aliphatic rings. The van der Waals surface area contributed by atoms with Crippen molar-refractivity contribution in [3.05, 3.63) is 71.8 Å². The van der Waals surface area contributed by atoms with Gasteiger partial charge in [0.25, 0.3) is 6.47 Å². The molecule has 0 aliphatic heterocycles. The van der Waals surface area contributed by atoms with Crippen LogP contribution in [0, 0.1) is 0 Å². The van der Waals surface area contributed by atoms with Crippen LogP contribution in [0.25, 0.3) is 0 Å². The van der Waals surface area contributed by atoms with E-state index in [1.165, 1.54) is 6.42 Å². The SMILES string of the molecule is CCC.O=COC(c1ccccc1)c1ccccc1. The normalized spacial score (nSPS) is 9.42. The van der Waals surface area contributed by atoms with Crippen molar-refractivity contribution in [3.8, 4) is 0 Å². The van der Waals surface area contributed by atoms with Crippen LogP contribution in [0.15, 0.2) is 60.7 Å². The van der Waals surface area contributed by atoms with Gasteiger partial charge in [0.05, 0.1) is 0 Å². The second-order valence-corrected chi connectivity index (χ2v) is 4.14. The Balaban J connectivity index is 0.000000550. The molecular formula is C17H20O2. The van der Waals surface area contributed by atoms with Gasteiger partial charge < -0.3 is 4.74 Å². The first-order valence-corrected chi connectivity index (χ1v) is 6.52. The maximum atomic E-state index is 10.5. The van der Waals surface area contributed by atoms with Crippen LogP contribution in [-0.2, 0) is 9.53 Å². The number of hydrogen-bond acceptors (Lipinski definition) is 2. The van der Waals surface area contributed by atoms with Gasteiger partial charge in [-0.05, 0) is 11.1 Å². The quantitative estimate of drug-likeness (QED) is 0.759. The first-order chi connectivity index (χ1) is 9.33. The molecule has 0 spiro atoms. The van der Waals surface area contributed by atoms with Gasteiger partial charge in [0.15, 0.2) is 6.10 Å². The smallest absolute Gasteiger partial charge is 0.294 e. The van der Waals surface area contributed by atoms with Crippen molar-refractivity contribution in [3.63, 3.8) is 0 Å². The van der Waals surface area contributed by atoms with Crippen LogP contribution in [0.4, 0.5) is 0 Å². The van der Waals surface area contributed by atoms with E-state index in [1.807, 2.05) is 60.7 Å². The van der Waals surface area contributed by atoms with Crippen LogP contribution in [0.2, 0.25) is 0 Å². The van der Waals surface area contributed by atoms with Crippen LogP contribution in [0.1, 0.15) is 37.5 Å². The van der Waals surface area contributed by atoms with Crippen molar-refractivity contribution >= 4 is 6.47 Å². The number of ether oxygens (including phenoxy) is 1. The standard InChI is InChI=1S/C14H12O2.C3H8/c15-11-16-14(12-7-3-1-4-8-12)13-9-5-2-6-10-13;1-3-2/h1-11,14H;3H2,1-2H3. The highest BCUT2D eigenvalue weighted by Gasteiger charge is 2.13. The Labute approximate surface area is 115 Å². The Kier molecular flexibility index (Phi) is 7.03. The van der Waals surface area contributed by atoms with Gasteiger partial charge in [-0.1, -0.05) is 80.9 Å². The fourth-order valence-electron chi connectivity index (χ4n) is 1.66. The molecule has 2 aromatic carbocycles. The van der Waals surface area contributed by atoms with Crippen molar-refractivity contribution in [1.82, 2.24) is 0 Å². The van der Waals surface area contributed by atoms with Gasteiger partial charge in [-0.2, -0.15) is 0 Å². The predicted molar refractivity (Wildman–Crippen MR) is 77.8 cm³/mol. The van der Waals surface area contributed by atoms with E-state index in [-0.39, 0.29) is 6.10 Å². The van der Waals surface area contributed by atoms with Crippen molar-refractivity contribution in [2.24, 2.45) is 0 Å². The van der Waals surface area contributed by atoms with Crippen molar-refractivity contribution in [2.45, 2.75) is 26.4 Å². The molecule has 0 amide bonds. The van der Waals surface area contributed by atoms with E-state index in [9.17, 15) is 4.79 Å². The minimum absolute atomic E-state index is 0.320. The van der Waals surface area contributed by atoms with Crippen molar-refractivity contribution in [2.75, 3.05) is 0 Å². The molecule has 0 aromatic heterocycles. The highest BCUT2D eigenvalue weighted by molar-refractivity contribution is 5.41. The average molecular weight is 256 g/mol. The highest BCUT2D eigenvalue weighted by atomic mass is 16.5. The second-order valence-electron chi connectivity index (χ2n) is 4.14. The minimum atomic E-state index is -0.320. The average Bonchev–Trinajstić information content (AvgIpc) is 2.47. The number of carbonyl (C=O) groups excluding carboxylic acids is 1. The van der Waals surface area contributed by atoms with E-state index in [4.69, 9.17) is 4.74 Å². The molecule has 0 bridgehead atoms. The van der Waals surface area contributed by atoms with Crippen LogP contribution in [0.3, 0.4) is 0 Å². The summed E-state index contributed by atoms with van der Waals surface area (Å²) >= 11 is 0. The monoisotopic (exact) mass is 256 g/mol. The third-order valence-corrected chi connectivity index (χ3v) is 2.40. The summed E-state index contributed by atoms with van der Waals surface area (Å²) in [5.41, 5.74) is 1.95. The first-order valence-electron chi connectivity index (χ1n) is 6.52. The molecule has 0 fully saturated rings. The lowest BCUT2D eigenvalue weighted by Crippen LogP contribution is -2.04. The summed E-state index contributed by atoms with van der Waals surface area (Å²) in [6.07, 6.45) is 0.930. The Morgan fingerprint density at radius 1 is 0.895 bits per heavy atom. The van der Waals surface area contributed by atoms with Crippen LogP contribution >= 0.6 is 0 Å². The Morgan fingerprint density at radius 3 is 1.58 bits per heavy atom. The van der Waals surface area contributed by atoms with Crippen molar-refractivity contribution < 1.29 is 9.53 Å². The van der Waals surface area contributed by atoms with E-state index in [2.05, 4.69) is 13.8 Å². The highest BCUT2D eigenvalue weighted by Crippen LogP contribution is 2.24. The summed E-state index contributed by atoms with van der Waals surface area (Å²) in [4.78, 5) is 10.5. The zero-order valence-electron chi connectivity index (χ0n) is 11.5. The molecule has 2 nitrogen and oxygen atoms in total. The van der Waals surface area contributed by atoms with E-state index in [0.717, 1.165) is 11.1 Å². The molecule has 2 heteroatoms. The molecule has 19 heavy (non-hydrogen) atoms. The Bertz CT molecular complexity index is 412. The maximum Gasteiger partial charge on any atom is 0.294 e. The Morgan fingerprint density at radius 2 is 1.26 bits per heavy atom. The summed E-state index contributed by atoms with van der Waals surface area (Å²) in [6, 6.07) is 19.4. The molecule has 0 heterocycles. The lowest BCUT2D eigenvalue weighted by Gasteiger charge is -2.15. The molecule has 0 saturated carbocycles. The van der Waals surface area contributed by atoms with Crippen LogP contribution in [0.5, 0.6) is 0 Å². The molecule has 2 rings (SSSR count). The zero-order chi connectivity index (χ0) is 13.9. The molecular weight excluding hydrogens is 236 g/mol. The minimum Gasteiger partial charge on any atom is -0.455 e. The topological polar surface area (TPSA) is 26.3 Å². The van der Waals surface area contributed by atoms with Crippen LogP contribution in [-0.4, -0.2) is 6.47 Å². The summed E-state index contributed by atoms with van der Waals surface area (Å²) in [6.45, 7) is 4.74. The number of hydrogen-bond donors (Lipinski definition) is 0. The first kappa shape index (κ1) is 15.0. The molecule has 0 unspecified atom stereocenters. The summed E-state index contributed by atoms with van der Waals surface area (Å²) in [5.74, 6) is 0. The van der Waals surface area contributed by atoms with Crippen molar-refractivity contribution in [1.29, 1.82) is 0 Å². The molecule has 0 radical (unpaired) electrons. The largest absolute Gasteiger partial charge is 0.455 e. The maximum absolute atomic E-state index is 10.5. The molecule has 0 N–H and O–H groups in total. The van der Waals surface area contributed by atoms with Gasteiger partial charge in [0.2, 0.25) is 0 Å². The molecule has 0 saturated heterocycles. The van der Waals surface area contributed by atoms with Gasteiger partial charge in [-0.3, -0.25) is 4.79 Å². The van der Waals surface area contributed by atoms with Gasteiger partial charge in [-0.15, -0.1) is 0 Å². The number of carbonyl (C=O) groups is 1. The van der Waals surface area contributed by atoms with Crippen LogP contribution < -0.4 is 0 Å². The second kappa shape index (κ2) is 8.92. The van der Waals surface area contributed by atoms with Gasteiger partial charge in [0, 0.05) is 0 Å². The lowest BCUT2D eigenvalue weighted by molar-refractivity contribution is -0.132. The van der Waals surface area contributed by atoms with Gasteiger partial charge >= 0.3 is 0 Å². The fraction of sp³-hybridized carbons (Fsp3) is 0.235. The van der Waals surface area contributed by atoms with E-state index in [1.54, 1.807) is 0 Å². The summed E-state index contributed by atoms with van der Waals surface area (Å²) < 4.78 is 5.13. The number of rotatable bonds is 4. The molecule has 0 aliphatic carbocycles. The zero-order valence-corrected chi connectivity index (χ0v) is 11.5. The van der Waals surface area contributed by atoms with E-state index < -0.39 is 0 Å². The predicted octanol–water partition coefficient (Wildman–Crippen LogP) is 4.37.